The molecule has 0 radical (unpaired) electrons. The lowest BCUT2D eigenvalue weighted by Gasteiger charge is -2.08. The third kappa shape index (κ3) is 2.56. The maximum atomic E-state index is 11.1. The van der Waals surface area contributed by atoms with Crippen molar-refractivity contribution in [2.24, 2.45) is 12.8 Å². The van der Waals surface area contributed by atoms with Crippen LogP contribution in [0.3, 0.4) is 0 Å². The van der Waals surface area contributed by atoms with Crippen molar-refractivity contribution in [3.05, 3.63) is 36.5 Å². The van der Waals surface area contributed by atoms with Gasteiger partial charge in [0.25, 0.3) is 0 Å². The quantitative estimate of drug-likeness (QED) is 0.857. The number of benzene rings is 1. The summed E-state index contributed by atoms with van der Waals surface area (Å²) in [6.07, 6.45) is 1.81. The van der Waals surface area contributed by atoms with Crippen molar-refractivity contribution in [2.45, 2.75) is 17.3 Å². The number of rotatable bonds is 4. The molecule has 1 aromatic heterocycles. The number of carbonyl (C=O) groups excluding carboxylic acids is 1. The fourth-order valence-electron chi connectivity index (χ4n) is 1.60. The molecule has 1 atom stereocenters. The van der Waals surface area contributed by atoms with Crippen molar-refractivity contribution in [2.75, 3.05) is 0 Å². The Kier molecular flexibility index (Phi) is 3.72. The highest BCUT2D eigenvalue weighted by atomic mass is 32.2. The molecule has 0 bridgehead atoms. The Labute approximate surface area is 110 Å². The van der Waals surface area contributed by atoms with E-state index >= 15 is 0 Å². The SMILES string of the molecule is C[C@H](Sc1ncc(-c2ccccc2)n1C)C(N)=O. The normalized spacial score (nSPS) is 12.3. The largest absolute Gasteiger partial charge is 0.369 e. The topological polar surface area (TPSA) is 60.9 Å². The molecule has 1 aromatic carbocycles. The molecular formula is C13H15N3OS. The zero-order chi connectivity index (χ0) is 13.1. The summed E-state index contributed by atoms with van der Waals surface area (Å²) < 4.78 is 1.97. The minimum absolute atomic E-state index is 0.283. The predicted octanol–water partition coefficient (Wildman–Crippen LogP) is 2.05. The number of amides is 1. The molecule has 18 heavy (non-hydrogen) atoms. The smallest absolute Gasteiger partial charge is 0.230 e. The second-order valence-corrected chi connectivity index (χ2v) is 5.32. The van der Waals surface area contributed by atoms with Crippen LogP contribution in [0.25, 0.3) is 11.3 Å². The van der Waals surface area contributed by atoms with E-state index in [0.717, 1.165) is 16.4 Å². The highest BCUT2D eigenvalue weighted by Gasteiger charge is 2.15. The van der Waals surface area contributed by atoms with Gasteiger partial charge in [-0.15, -0.1) is 0 Å². The summed E-state index contributed by atoms with van der Waals surface area (Å²) in [6.45, 7) is 1.78. The fourth-order valence-corrected chi connectivity index (χ4v) is 2.40. The highest BCUT2D eigenvalue weighted by Crippen LogP contribution is 2.26. The number of primary amides is 1. The maximum absolute atomic E-state index is 11.1. The van der Waals surface area contributed by atoms with Crippen molar-refractivity contribution in [3.8, 4) is 11.3 Å². The first-order valence-electron chi connectivity index (χ1n) is 5.62. The Morgan fingerprint density at radius 2 is 2.06 bits per heavy atom. The van der Waals surface area contributed by atoms with Gasteiger partial charge in [0.05, 0.1) is 17.1 Å². The number of hydrogen-bond acceptors (Lipinski definition) is 3. The van der Waals surface area contributed by atoms with Crippen LogP contribution < -0.4 is 5.73 Å². The Hall–Kier alpha value is -1.75. The van der Waals surface area contributed by atoms with Crippen molar-refractivity contribution < 1.29 is 4.79 Å². The van der Waals surface area contributed by atoms with E-state index < -0.39 is 0 Å². The molecule has 0 fully saturated rings. The van der Waals surface area contributed by atoms with E-state index in [4.69, 9.17) is 5.73 Å². The van der Waals surface area contributed by atoms with Gasteiger partial charge in [-0.2, -0.15) is 0 Å². The molecule has 1 amide bonds. The van der Waals surface area contributed by atoms with E-state index in [-0.39, 0.29) is 11.2 Å². The van der Waals surface area contributed by atoms with Gasteiger partial charge in [-0.25, -0.2) is 4.98 Å². The van der Waals surface area contributed by atoms with Gasteiger partial charge in [0.15, 0.2) is 5.16 Å². The maximum Gasteiger partial charge on any atom is 0.230 e. The number of thioether (sulfide) groups is 1. The van der Waals surface area contributed by atoms with E-state index in [1.165, 1.54) is 11.8 Å². The van der Waals surface area contributed by atoms with E-state index in [9.17, 15) is 4.79 Å². The van der Waals surface area contributed by atoms with Gasteiger partial charge in [0, 0.05) is 7.05 Å². The van der Waals surface area contributed by atoms with Crippen molar-refractivity contribution in [1.29, 1.82) is 0 Å². The fraction of sp³-hybridized carbons (Fsp3) is 0.231. The van der Waals surface area contributed by atoms with Crippen LogP contribution >= 0.6 is 11.8 Å². The third-order valence-corrected chi connectivity index (χ3v) is 3.87. The molecular weight excluding hydrogens is 246 g/mol. The summed E-state index contributed by atoms with van der Waals surface area (Å²) in [7, 11) is 1.94. The summed E-state index contributed by atoms with van der Waals surface area (Å²) in [4.78, 5) is 15.4. The van der Waals surface area contributed by atoms with Crippen LogP contribution in [0.5, 0.6) is 0 Å². The van der Waals surface area contributed by atoms with Crippen LogP contribution in [-0.4, -0.2) is 20.7 Å². The van der Waals surface area contributed by atoms with Gasteiger partial charge < -0.3 is 10.3 Å². The second-order valence-electron chi connectivity index (χ2n) is 4.01. The Balaban J connectivity index is 2.27. The lowest BCUT2D eigenvalue weighted by molar-refractivity contribution is -0.117. The van der Waals surface area contributed by atoms with Crippen molar-refractivity contribution in [1.82, 2.24) is 9.55 Å². The zero-order valence-corrected chi connectivity index (χ0v) is 11.1. The molecule has 0 aliphatic heterocycles. The molecule has 2 N–H and O–H groups in total. The molecule has 2 rings (SSSR count). The van der Waals surface area contributed by atoms with Gasteiger partial charge in [-0.05, 0) is 12.5 Å². The highest BCUT2D eigenvalue weighted by molar-refractivity contribution is 8.00. The molecule has 0 spiro atoms. The van der Waals surface area contributed by atoms with E-state index in [0.29, 0.717) is 0 Å². The van der Waals surface area contributed by atoms with Gasteiger partial charge in [-0.1, -0.05) is 42.1 Å². The molecule has 2 aromatic rings. The van der Waals surface area contributed by atoms with Gasteiger partial charge in [-0.3, -0.25) is 4.79 Å². The summed E-state index contributed by atoms with van der Waals surface area (Å²) in [5, 5.41) is 0.509. The average molecular weight is 261 g/mol. The predicted molar refractivity (Wildman–Crippen MR) is 73.2 cm³/mol. The summed E-state index contributed by atoms with van der Waals surface area (Å²) in [5.41, 5.74) is 7.38. The summed E-state index contributed by atoms with van der Waals surface area (Å²) in [6, 6.07) is 10.0. The van der Waals surface area contributed by atoms with Crippen LogP contribution in [0.15, 0.2) is 41.7 Å². The van der Waals surface area contributed by atoms with E-state index in [2.05, 4.69) is 4.98 Å². The van der Waals surface area contributed by atoms with Crippen LogP contribution in [0.4, 0.5) is 0 Å². The molecule has 0 saturated carbocycles. The lowest BCUT2D eigenvalue weighted by atomic mass is 10.2. The molecule has 0 aliphatic carbocycles. The molecule has 1 heterocycles. The van der Waals surface area contributed by atoms with Gasteiger partial charge in [0.2, 0.25) is 5.91 Å². The molecule has 4 nitrogen and oxygen atoms in total. The minimum Gasteiger partial charge on any atom is -0.369 e. The minimum atomic E-state index is -0.329. The van der Waals surface area contributed by atoms with Crippen LogP contribution in [0, 0.1) is 0 Å². The van der Waals surface area contributed by atoms with Gasteiger partial charge in [0.1, 0.15) is 0 Å². The number of nitrogens with zero attached hydrogens (tertiary/aromatic N) is 2. The van der Waals surface area contributed by atoms with E-state index in [1.807, 2.05) is 48.1 Å². The van der Waals surface area contributed by atoms with Crippen LogP contribution in [0.1, 0.15) is 6.92 Å². The summed E-state index contributed by atoms with van der Waals surface area (Å²) >= 11 is 1.37. The number of carbonyl (C=O) groups is 1. The third-order valence-electron chi connectivity index (χ3n) is 2.70. The van der Waals surface area contributed by atoms with Crippen LogP contribution in [-0.2, 0) is 11.8 Å². The zero-order valence-electron chi connectivity index (χ0n) is 10.3. The standard InChI is InChI=1S/C13H15N3OS/c1-9(12(14)17)18-13-15-8-11(16(13)2)10-6-4-3-5-7-10/h3-9H,1-2H3,(H2,14,17)/t9-/m0/s1. The Morgan fingerprint density at radius 1 is 1.39 bits per heavy atom. The first-order chi connectivity index (χ1) is 8.59. The average Bonchev–Trinajstić information content (AvgIpc) is 2.72. The monoisotopic (exact) mass is 261 g/mol. The summed E-state index contributed by atoms with van der Waals surface area (Å²) in [5.74, 6) is -0.329. The Morgan fingerprint density at radius 3 is 2.67 bits per heavy atom. The molecule has 0 unspecified atom stereocenters. The number of hydrogen-bond donors (Lipinski definition) is 1. The molecule has 5 heteroatoms. The van der Waals surface area contributed by atoms with Crippen molar-refractivity contribution >= 4 is 17.7 Å². The Bertz CT molecular complexity index is 551. The van der Waals surface area contributed by atoms with Crippen molar-refractivity contribution in [3.63, 3.8) is 0 Å². The number of aromatic nitrogens is 2. The molecule has 0 aliphatic rings. The first kappa shape index (κ1) is 12.7. The number of imidazole rings is 1. The molecule has 94 valence electrons. The van der Waals surface area contributed by atoms with E-state index in [1.54, 1.807) is 6.92 Å². The van der Waals surface area contributed by atoms with Gasteiger partial charge >= 0.3 is 0 Å². The second kappa shape index (κ2) is 5.27. The number of nitrogens with two attached hydrogens (primary N) is 1. The molecule has 0 saturated heterocycles. The van der Waals surface area contributed by atoms with Crippen LogP contribution in [0.2, 0.25) is 0 Å². The lowest BCUT2D eigenvalue weighted by Crippen LogP contribution is -2.22. The first-order valence-corrected chi connectivity index (χ1v) is 6.50.